The Morgan fingerprint density at radius 1 is 1.41 bits per heavy atom. The lowest BCUT2D eigenvalue weighted by atomic mass is 10.1. The molecule has 1 aliphatic rings. The molecule has 1 saturated heterocycles. The maximum atomic E-state index is 12.1. The third-order valence-electron chi connectivity index (χ3n) is 3.91. The van der Waals surface area contributed by atoms with Crippen molar-refractivity contribution in [3.8, 4) is 11.3 Å². The number of β-amino-alcohol motifs (C(OH)–C–C–N with tert-alkyl or cyclic N) is 1. The van der Waals surface area contributed by atoms with E-state index in [2.05, 4.69) is 15.8 Å². The number of hydrogen-bond donors (Lipinski definition) is 3. The molecule has 2 atom stereocenters. The van der Waals surface area contributed by atoms with E-state index in [1.165, 1.54) is 0 Å². The first-order chi connectivity index (χ1) is 10.6. The molecular formula is C16H19N3O3. The zero-order valence-electron chi connectivity index (χ0n) is 12.4. The maximum Gasteiger partial charge on any atom is 0.289 e. The van der Waals surface area contributed by atoms with E-state index in [0.717, 1.165) is 11.1 Å². The molecule has 6 heteroatoms. The number of rotatable bonds is 4. The van der Waals surface area contributed by atoms with Gasteiger partial charge in [0.2, 0.25) is 5.76 Å². The quantitative estimate of drug-likeness (QED) is 0.783. The zero-order chi connectivity index (χ0) is 15.5. The van der Waals surface area contributed by atoms with E-state index in [-0.39, 0.29) is 17.6 Å². The minimum absolute atomic E-state index is 0.0310. The van der Waals surface area contributed by atoms with Crippen molar-refractivity contribution in [2.24, 2.45) is 5.92 Å². The number of amides is 1. The van der Waals surface area contributed by atoms with Crippen LogP contribution in [0.2, 0.25) is 0 Å². The highest BCUT2D eigenvalue weighted by Gasteiger charge is 2.25. The van der Waals surface area contributed by atoms with Gasteiger partial charge in [0.05, 0.1) is 6.10 Å². The minimum atomic E-state index is -0.418. The molecule has 1 fully saturated rings. The summed E-state index contributed by atoms with van der Waals surface area (Å²) in [6.07, 6.45) is -0.418. The number of nitrogens with zero attached hydrogens (tertiary/aromatic N) is 1. The Balaban J connectivity index is 1.63. The second-order valence-electron chi connectivity index (χ2n) is 5.64. The molecule has 1 aromatic carbocycles. The molecule has 3 N–H and O–H groups in total. The summed E-state index contributed by atoms with van der Waals surface area (Å²) >= 11 is 0. The Hall–Kier alpha value is -2.18. The van der Waals surface area contributed by atoms with E-state index >= 15 is 0 Å². The molecular weight excluding hydrogens is 282 g/mol. The number of carbonyl (C=O) groups is 1. The van der Waals surface area contributed by atoms with E-state index in [1.54, 1.807) is 6.07 Å². The number of carbonyl (C=O) groups excluding carboxylic acids is 1. The average molecular weight is 301 g/mol. The molecule has 22 heavy (non-hydrogen) atoms. The topological polar surface area (TPSA) is 87.4 Å². The Labute approximate surface area is 128 Å². The summed E-state index contributed by atoms with van der Waals surface area (Å²) in [5.74, 6) is -0.107. The monoisotopic (exact) mass is 301 g/mol. The van der Waals surface area contributed by atoms with Gasteiger partial charge in [-0.1, -0.05) is 35.0 Å². The molecule has 2 heterocycles. The molecule has 2 unspecified atom stereocenters. The molecule has 3 rings (SSSR count). The molecule has 1 aliphatic heterocycles. The Morgan fingerprint density at radius 2 is 2.18 bits per heavy atom. The van der Waals surface area contributed by atoms with E-state index in [4.69, 9.17) is 4.52 Å². The van der Waals surface area contributed by atoms with Crippen molar-refractivity contribution in [2.45, 2.75) is 13.0 Å². The average Bonchev–Trinajstić information content (AvgIpc) is 3.15. The third-order valence-corrected chi connectivity index (χ3v) is 3.91. The Bertz CT molecular complexity index is 651. The van der Waals surface area contributed by atoms with Crippen LogP contribution in [0.3, 0.4) is 0 Å². The highest BCUT2D eigenvalue weighted by atomic mass is 16.5. The predicted molar refractivity (Wildman–Crippen MR) is 81.4 cm³/mol. The number of aliphatic hydroxyl groups excluding tert-OH is 1. The summed E-state index contributed by atoms with van der Waals surface area (Å²) in [6.45, 7) is 3.69. The molecule has 0 bridgehead atoms. The molecule has 0 saturated carbocycles. The van der Waals surface area contributed by atoms with Crippen LogP contribution in [-0.2, 0) is 0 Å². The van der Waals surface area contributed by atoms with Gasteiger partial charge in [0.15, 0.2) is 0 Å². The summed E-state index contributed by atoms with van der Waals surface area (Å²) in [6, 6.07) is 9.48. The van der Waals surface area contributed by atoms with Crippen molar-refractivity contribution in [3.63, 3.8) is 0 Å². The van der Waals surface area contributed by atoms with Crippen LogP contribution in [0.1, 0.15) is 16.1 Å². The maximum absolute atomic E-state index is 12.1. The van der Waals surface area contributed by atoms with Gasteiger partial charge in [-0.05, 0) is 6.92 Å². The number of hydrogen-bond acceptors (Lipinski definition) is 5. The first kappa shape index (κ1) is 14.7. The third kappa shape index (κ3) is 3.18. The minimum Gasteiger partial charge on any atom is -0.391 e. The Morgan fingerprint density at radius 3 is 2.86 bits per heavy atom. The van der Waals surface area contributed by atoms with Gasteiger partial charge in [-0.2, -0.15) is 0 Å². The van der Waals surface area contributed by atoms with Crippen molar-refractivity contribution in [1.82, 2.24) is 15.8 Å². The molecule has 0 radical (unpaired) electrons. The lowest BCUT2D eigenvalue weighted by Crippen LogP contribution is -2.34. The van der Waals surface area contributed by atoms with Crippen molar-refractivity contribution in [3.05, 3.63) is 41.7 Å². The summed E-state index contributed by atoms with van der Waals surface area (Å²) in [7, 11) is 0. The second-order valence-corrected chi connectivity index (χ2v) is 5.64. The van der Waals surface area contributed by atoms with Gasteiger partial charge in [0.25, 0.3) is 5.91 Å². The summed E-state index contributed by atoms with van der Waals surface area (Å²) in [5.41, 5.74) is 2.70. The van der Waals surface area contributed by atoms with Crippen LogP contribution in [0.4, 0.5) is 0 Å². The molecule has 1 amide bonds. The lowest BCUT2D eigenvalue weighted by molar-refractivity contribution is 0.0891. The van der Waals surface area contributed by atoms with E-state index in [9.17, 15) is 9.90 Å². The van der Waals surface area contributed by atoms with Crippen molar-refractivity contribution < 1.29 is 14.4 Å². The van der Waals surface area contributed by atoms with Gasteiger partial charge >= 0.3 is 0 Å². The van der Waals surface area contributed by atoms with Gasteiger partial charge in [0.1, 0.15) is 5.69 Å². The summed E-state index contributed by atoms with van der Waals surface area (Å²) < 4.78 is 5.11. The normalized spacial score (nSPS) is 21.0. The highest BCUT2D eigenvalue weighted by molar-refractivity contribution is 5.92. The van der Waals surface area contributed by atoms with Gasteiger partial charge in [0, 0.05) is 37.2 Å². The van der Waals surface area contributed by atoms with E-state index in [0.29, 0.717) is 25.3 Å². The van der Waals surface area contributed by atoms with Crippen LogP contribution in [0.15, 0.2) is 34.9 Å². The smallest absolute Gasteiger partial charge is 0.289 e. The molecule has 2 aromatic rings. The summed E-state index contributed by atoms with van der Waals surface area (Å²) in [5, 5.41) is 19.5. The highest BCUT2D eigenvalue weighted by Crippen LogP contribution is 2.19. The van der Waals surface area contributed by atoms with E-state index in [1.807, 2.05) is 31.2 Å². The first-order valence-corrected chi connectivity index (χ1v) is 7.34. The molecule has 6 nitrogen and oxygen atoms in total. The standard InChI is InChI=1S/C16H19N3O3/c1-10-2-4-11(5-3-10)13-6-15(22-19-13)16(21)18-8-12-7-17-9-14(12)20/h2-6,12,14,17,20H,7-9H2,1H3,(H,18,21). The van der Waals surface area contributed by atoms with Gasteiger partial charge in [-0.25, -0.2) is 0 Å². The van der Waals surface area contributed by atoms with Crippen LogP contribution in [0.25, 0.3) is 11.3 Å². The number of aryl methyl sites for hydroxylation is 1. The number of nitrogens with one attached hydrogen (secondary N) is 2. The zero-order valence-corrected chi connectivity index (χ0v) is 12.4. The van der Waals surface area contributed by atoms with Gasteiger partial charge in [-0.3, -0.25) is 4.79 Å². The molecule has 1 aromatic heterocycles. The predicted octanol–water partition coefficient (Wildman–Crippen LogP) is 0.960. The van der Waals surface area contributed by atoms with Crippen molar-refractivity contribution >= 4 is 5.91 Å². The number of aliphatic hydroxyl groups is 1. The number of aromatic nitrogens is 1. The van der Waals surface area contributed by atoms with Gasteiger partial charge in [-0.15, -0.1) is 0 Å². The molecule has 0 spiro atoms. The second kappa shape index (κ2) is 6.29. The fourth-order valence-electron chi connectivity index (χ4n) is 2.48. The van der Waals surface area contributed by atoms with Crippen molar-refractivity contribution in [1.29, 1.82) is 0 Å². The van der Waals surface area contributed by atoms with E-state index < -0.39 is 6.10 Å². The van der Waals surface area contributed by atoms with Crippen LogP contribution in [0.5, 0.6) is 0 Å². The van der Waals surface area contributed by atoms with Crippen LogP contribution in [-0.4, -0.2) is 41.9 Å². The molecule has 116 valence electrons. The van der Waals surface area contributed by atoms with Crippen LogP contribution < -0.4 is 10.6 Å². The SMILES string of the molecule is Cc1ccc(-c2cc(C(=O)NCC3CNCC3O)on2)cc1. The molecule has 0 aliphatic carbocycles. The van der Waals surface area contributed by atoms with Gasteiger partial charge < -0.3 is 20.3 Å². The van der Waals surface area contributed by atoms with Crippen molar-refractivity contribution in [2.75, 3.05) is 19.6 Å². The lowest BCUT2D eigenvalue weighted by Gasteiger charge is -2.12. The number of benzene rings is 1. The Kier molecular flexibility index (Phi) is 4.22. The first-order valence-electron chi connectivity index (χ1n) is 7.34. The van der Waals surface area contributed by atoms with Crippen LogP contribution in [0, 0.1) is 12.8 Å². The largest absolute Gasteiger partial charge is 0.391 e. The fourth-order valence-corrected chi connectivity index (χ4v) is 2.48. The van der Waals surface area contributed by atoms with Crippen LogP contribution >= 0.6 is 0 Å². The summed E-state index contributed by atoms with van der Waals surface area (Å²) in [4.78, 5) is 12.1. The fraction of sp³-hybridized carbons (Fsp3) is 0.375.